The molecular weight excluding hydrogens is 408 g/mol. The molecule has 1 aliphatic heterocycles. The number of nitrogens with one attached hydrogen (secondary N) is 2. The number of benzene rings is 1. The van der Waals surface area contributed by atoms with Crippen molar-refractivity contribution >= 4 is 27.9 Å². The van der Waals surface area contributed by atoms with Crippen molar-refractivity contribution < 1.29 is 22.8 Å². The lowest BCUT2D eigenvalue weighted by molar-refractivity contribution is -0.134. The first kappa shape index (κ1) is 22.2. The van der Waals surface area contributed by atoms with Gasteiger partial charge in [-0.2, -0.15) is 4.31 Å². The summed E-state index contributed by atoms with van der Waals surface area (Å²) in [6, 6.07) is 5.56. The number of hydrogen-bond acceptors (Lipinski definition) is 5. The van der Waals surface area contributed by atoms with Crippen LogP contribution in [0.4, 0.5) is 4.79 Å². The molecule has 0 aromatic heterocycles. The third-order valence-electron chi connectivity index (χ3n) is 5.82. The van der Waals surface area contributed by atoms with Gasteiger partial charge in [0.05, 0.1) is 4.90 Å². The highest BCUT2D eigenvalue weighted by molar-refractivity contribution is 7.89. The second-order valence-corrected chi connectivity index (χ2v) is 10.1. The molecule has 4 amide bonds. The van der Waals surface area contributed by atoms with E-state index in [-0.39, 0.29) is 29.9 Å². The number of amides is 4. The Kier molecular flexibility index (Phi) is 6.19. The lowest BCUT2D eigenvalue weighted by Gasteiger charge is -2.21. The third-order valence-corrected chi connectivity index (χ3v) is 7.87. The second-order valence-electron chi connectivity index (χ2n) is 8.15. The molecule has 1 heterocycles. The minimum atomic E-state index is -3.57. The predicted octanol–water partition coefficient (Wildman–Crippen LogP) is 1.20. The van der Waals surface area contributed by atoms with E-state index in [1.807, 2.05) is 0 Å². The van der Waals surface area contributed by atoms with E-state index in [0.717, 1.165) is 17.7 Å². The maximum absolute atomic E-state index is 12.6. The number of hydrogen-bond donors (Lipinski definition) is 2. The standard InChI is InChI=1S/C20H28N4O5S/c1-14(2)23(3)30(28,29)16-8-6-15(7-9-16)12-21-17(25)13-24-18(26)20(22-19(24)27)10-4-5-11-20/h6-9,14H,4-5,10-13H2,1-3H3,(H,21,25)(H,22,27). The highest BCUT2D eigenvalue weighted by Crippen LogP contribution is 2.34. The average Bonchev–Trinajstić information content (AvgIpc) is 3.26. The molecule has 1 saturated carbocycles. The van der Waals surface area contributed by atoms with Gasteiger partial charge < -0.3 is 10.6 Å². The second kappa shape index (κ2) is 8.35. The molecule has 2 N–H and O–H groups in total. The van der Waals surface area contributed by atoms with Crippen molar-refractivity contribution in [2.75, 3.05) is 13.6 Å². The van der Waals surface area contributed by atoms with Crippen LogP contribution in [-0.2, 0) is 26.2 Å². The van der Waals surface area contributed by atoms with Gasteiger partial charge in [-0.1, -0.05) is 25.0 Å². The Bertz CT molecular complexity index is 936. The fourth-order valence-corrected chi connectivity index (χ4v) is 5.13. The molecule has 164 valence electrons. The van der Waals surface area contributed by atoms with Crippen LogP contribution < -0.4 is 10.6 Å². The number of urea groups is 1. The van der Waals surface area contributed by atoms with Gasteiger partial charge in [-0.05, 0) is 44.4 Å². The van der Waals surface area contributed by atoms with E-state index < -0.39 is 27.5 Å². The van der Waals surface area contributed by atoms with Gasteiger partial charge in [-0.3, -0.25) is 14.5 Å². The molecule has 1 saturated heterocycles. The summed E-state index contributed by atoms with van der Waals surface area (Å²) in [5.41, 5.74) is -0.124. The van der Waals surface area contributed by atoms with E-state index in [9.17, 15) is 22.8 Å². The van der Waals surface area contributed by atoms with Crippen molar-refractivity contribution in [3.63, 3.8) is 0 Å². The summed E-state index contributed by atoms with van der Waals surface area (Å²) in [6.45, 7) is 3.41. The monoisotopic (exact) mass is 436 g/mol. The quantitative estimate of drug-likeness (QED) is 0.623. The molecular formula is C20H28N4O5S. The molecule has 9 nitrogen and oxygen atoms in total. The summed E-state index contributed by atoms with van der Waals surface area (Å²) < 4.78 is 26.3. The van der Waals surface area contributed by atoms with Gasteiger partial charge in [0.25, 0.3) is 5.91 Å². The first-order valence-electron chi connectivity index (χ1n) is 10.0. The van der Waals surface area contributed by atoms with Gasteiger partial charge in [-0.25, -0.2) is 13.2 Å². The number of carbonyl (C=O) groups is 3. The van der Waals surface area contributed by atoms with Crippen LogP contribution >= 0.6 is 0 Å². The van der Waals surface area contributed by atoms with E-state index in [0.29, 0.717) is 18.4 Å². The summed E-state index contributed by atoms with van der Waals surface area (Å²) in [5.74, 6) is -0.784. The molecule has 1 aromatic carbocycles. The van der Waals surface area contributed by atoms with Crippen LogP contribution in [0.3, 0.4) is 0 Å². The lowest BCUT2D eigenvalue weighted by Crippen LogP contribution is -2.45. The highest BCUT2D eigenvalue weighted by Gasteiger charge is 2.52. The minimum absolute atomic E-state index is 0.161. The molecule has 2 aliphatic rings. The first-order chi connectivity index (χ1) is 14.1. The number of sulfonamides is 1. The smallest absolute Gasteiger partial charge is 0.325 e. The average molecular weight is 437 g/mol. The van der Waals surface area contributed by atoms with Crippen LogP contribution in [0.25, 0.3) is 0 Å². The predicted molar refractivity (Wildman–Crippen MR) is 110 cm³/mol. The molecule has 2 fully saturated rings. The van der Waals surface area contributed by atoms with Crippen LogP contribution in [-0.4, -0.2) is 60.6 Å². The minimum Gasteiger partial charge on any atom is -0.350 e. The Morgan fingerprint density at radius 3 is 2.37 bits per heavy atom. The van der Waals surface area contributed by atoms with E-state index in [1.165, 1.54) is 23.5 Å². The Morgan fingerprint density at radius 2 is 1.80 bits per heavy atom. The zero-order chi connectivity index (χ0) is 22.1. The number of rotatable bonds is 7. The maximum atomic E-state index is 12.6. The van der Waals surface area contributed by atoms with Crippen molar-refractivity contribution in [1.29, 1.82) is 0 Å². The van der Waals surface area contributed by atoms with Crippen LogP contribution in [0.5, 0.6) is 0 Å². The molecule has 1 aromatic rings. The van der Waals surface area contributed by atoms with Crippen LogP contribution in [0, 0.1) is 0 Å². The number of carbonyl (C=O) groups excluding carboxylic acids is 3. The number of nitrogens with zero attached hydrogens (tertiary/aromatic N) is 2. The molecule has 30 heavy (non-hydrogen) atoms. The van der Waals surface area contributed by atoms with Gasteiger partial charge in [-0.15, -0.1) is 0 Å². The first-order valence-corrected chi connectivity index (χ1v) is 11.5. The third kappa shape index (κ3) is 4.20. The van der Waals surface area contributed by atoms with Crippen LogP contribution in [0.1, 0.15) is 45.1 Å². The Labute approximate surface area is 176 Å². The molecule has 0 radical (unpaired) electrons. The largest absolute Gasteiger partial charge is 0.350 e. The molecule has 0 bridgehead atoms. The molecule has 3 rings (SSSR count). The fourth-order valence-electron chi connectivity index (χ4n) is 3.76. The SMILES string of the molecule is CC(C)N(C)S(=O)(=O)c1ccc(CNC(=O)CN2C(=O)NC3(CCCC3)C2=O)cc1. The summed E-state index contributed by atoms with van der Waals surface area (Å²) in [6.07, 6.45) is 2.98. The zero-order valence-electron chi connectivity index (χ0n) is 17.5. The van der Waals surface area contributed by atoms with E-state index in [2.05, 4.69) is 10.6 Å². The van der Waals surface area contributed by atoms with Gasteiger partial charge in [0.2, 0.25) is 15.9 Å². The molecule has 0 unspecified atom stereocenters. The van der Waals surface area contributed by atoms with Crippen molar-refractivity contribution in [2.45, 2.75) is 62.6 Å². The Hall–Kier alpha value is -2.46. The Balaban J connectivity index is 1.56. The van der Waals surface area contributed by atoms with Gasteiger partial charge in [0.15, 0.2) is 0 Å². The van der Waals surface area contributed by atoms with E-state index in [4.69, 9.17) is 0 Å². The van der Waals surface area contributed by atoms with Crippen molar-refractivity contribution in [3.8, 4) is 0 Å². The lowest BCUT2D eigenvalue weighted by atomic mass is 9.98. The summed E-state index contributed by atoms with van der Waals surface area (Å²) >= 11 is 0. The van der Waals surface area contributed by atoms with Crippen molar-refractivity contribution in [3.05, 3.63) is 29.8 Å². The van der Waals surface area contributed by atoms with E-state index >= 15 is 0 Å². The zero-order valence-corrected chi connectivity index (χ0v) is 18.3. The normalized spacial score (nSPS) is 18.5. The van der Waals surface area contributed by atoms with Gasteiger partial charge in [0.1, 0.15) is 12.1 Å². The molecule has 0 atom stereocenters. The summed E-state index contributed by atoms with van der Waals surface area (Å²) in [7, 11) is -2.04. The van der Waals surface area contributed by atoms with Gasteiger partial charge in [0, 0.05) is 19.6 Å². The number of imide groups is 1. The van der Waals surface area contributed by atoms with Gasteiger partial charge >= 0.3 is 6.03 Å². The summed E-state index contributed by atoms with van der Waals surface area (Å²) in [4.78, 5) is 38.1. The molecule has 10 heteroatoms. The van der Waals surface area contributed by atoms with Crippen molar-refractivity contribution in [2.24, 2.45) is 0 Å². The van der Waals surface area contributed by atoms with Crippen molar-refractivity contribution in [1.82, 2.24) is 19.8 Å². The highest BCUT2D eigenvalue weighted by atomic mass is 32.2. The molecule has 1 aliphatic carbocycles. The van der Waals surface area contributed by atoms with E-state index in [1.54, 1.807) is 26.0 Å². The Morgan fingerprint density at radius 1 is 1.20 bits per heavy atom. The topological polar surface area (TPSA) is 116 Å². The maximum Gasteiger partial charge on any atom is 0.325 e. The van der Waals surface area contributed by atoms with Crippen LogP contribution in [0.15, 0.2) is 29.2 Å². The fraction of sp³-hybridized carbons (Fsp3) is 0.550. The van der Waals surface area contributed by atoms with Crippen LogP contribution in [0.2, 0.25) is 0 Å². The summed E-state index contributed by atoms with van der Waals surface area (Å²) in [5, 5.41) is 5.41. The molecule has 1 spiro atoms.